The minimum atomic E-state index is -2.55. The quantitative estimate of drug-likeness (QED) is 0.365. The van der Waals surface area contributed by atoms with E-state index in [1.54, 1.807) is 0 Å². The third kappa shape index (κ3) is 6.46. The zero-order valence-electron chi connectivity index (χ0n) is 9.77. The highest BCUT2D eigenvalue weighted by Gasteiger charge is 2.35. The molecule has 1 heterocycles. The van der Waals surface area contributed by atoms with Gasteiger partial charge < -0.3 is 38.7 Å². The Morgan fingerprint density at radius 1 is 1.11 bits per heavy atom. The van der Waals surface area contributed by atoms with E-state index in [1.807, 2.05) is 0 Å². The van der Waals surface area contributed by atoms with Crippen molar-refractivity contribution in [3.05, 3.63) is 0 Å². The summed E-state index contributed by atoms with van der Waals surface area (Å²) >= 11 is 0. The van der Waals surface area contributed by atoms with Crippen LogP contribution in [0.1, 0.15) is 0 Å². The van der Waals surface area contributed by atoms with Crippen molar-refractivity contribution in [1.29, 1.82) is 0 Å². The van der Waals surface area contributed by atoms with E-state index in [0.29, 0.717) is 0 Å². The molecule has 1 saturated heterocycles. The van der Waals surface area contributed by atoms with Crippen LogP contribution >= 0.6 is 25.8 Å². The lowest BCUT2D eigenvalue weighted by Crippen LogP contribution is -2.32. The molecule has 5 N–H and O–H groups in total. The maximum absolute atomic E-state index is 9.42. The molecule has 1 aliphatic heterocycles. The largest absolute Gasteiger partial charge is 0.388 e. The summed E-state index contributed by atoms with van der Waals surface area (Å²) in [5.41, 5.74) is 0. The predicted molar refractivity (Wildman–Crippen MR) is 64.3 cm³/mol. The molecule has 6 atom stereocenters. The molecule has 10 nitrogen and oxygen atoms in total. The highest BCUT2D eigenvalue weighted by Crippen LogP contribution is 2.56. The zero-order chi connectivity index (χ0) is 14.4. The van der Waals surface area contributed by atoms with Crippen LogP contribution in [0, 0.1) is 0 Å². The molecule has 0 aromatic heterocycles. The number of aliphatic hydroxyl groups excluding tert-OH is 2. The number of hydrogen-bond acceptors (Lipinski definition) is 10. The SMILES string of the molecule is COP(O)OP(O)OP(O)OC[C@H]1OC[C@H](O)[C@@H]1O. The molecule has 1 fully saturated rings. The normalized spacial score (nSPS) is 32.2. The van der Waals surface area contributed by atoms with Crippen molar-refractivity contribution in [2.24, 2.45) is 0 Å². The van der Waals surface area contributed by atoms with E-state index in [2.05, 4.69) is 13.1 Å². The summed E-state index contributed by atoms with van der Waals surface area (Å²) in [5.74, 6) is 0. The van der Waals surface area contributed by atoms with Gasteiger partial charge in [-0.2, -0.15) is 0 Å². The molecule has 0 amide bonds. The molecule has 0 spiro atoms. The van der Waals surface area contributed by atoms with Gasteiger partial charge in [0.25, 0.3) is 0 Å². The highest BCUT2D eigenvalue weighted by atomic mass is 31.3. The summed E-state index contributed by atoms with van der Waals surface area (Å²) in [6, 6.07) is 0. The van der Waals surface area contributed by atoms with Crippen molar-refractivity contribution in [1.82, 2.24) is 0 Å². The molecule has 19 heavy (non-hydrogen) atoms. The number of rotatable bonds is 8. The third-order valence-electron chi connectivity index (χ3n) is 2.04. The number of ether oxygens (including phenoxy) is 1. The minimum absolute atomic E-state index is 0.0299. The van der Waals surface area contributed by atoms with Crippen molar-refractivity contribution >= 4 is 25.8 Å². The van der Waals surface area contributed by atoms with E-state index < -0.39 is 44.1 Å². The smallest absolute Gasteiger partial charge is 0.344 e. The van der Waals surface area contributed by atoms with Gasteiger partial charge in [0.05, 0.1) is 13.2 Å². The lowest BCUT2D eigenvalue weighted by molar-refractivity contribution is -0.00201. The highest BCUT2D eigenvalue weighted by molar-refractivity contribution is 7.60. The molecule has 0 aromatic carbocycles. The minimum Gasteiger partial charge on any atom is -0.388 e. The Kier molecular flexibility index (Phi) is 8.52. The third-order valence-corrected chi connectivity index (χ3v) is 4.96. The van der Waals surface area contributed by atoms with Gasteiger partial charge in [-0.1, -0.05) is 0 Å². The van der Waals surface area contributed by atoms with Crippen LogP contribution in [0.5, 0.6) is 0 Å². The zero-order valence-corrected chi connectivity index (χ0v) is 12.4. The Balaban J connectivity index is 2.19. The molecular formula is C6H15O10P3. The van der Waals surface area contributed by atoms with Gasteiger partial charge in [-0.3, -0.25) is 0 Å². The average Bonchev–Trinajstić information content (AvgIpc) is 2.67. The molecule has 13 heteroatoms. The Morgan fingerprint density at radius 3 is 2.26 bits per heavy atom. The number of aliphatic hydroxyl groups is 2. The first kappa shape index (κ1) is 17.9. The maximum atomic E-state index is 9.42. The van der Waals surface area contributed by atoms with Crippen LogP contribution in [0.15, 0.2) is 0 Å². The van der Waals surface area contributed by atoms with Crippen LogP contribution < -0.4 is 0 Å². The molecule has 0 bridgehead atoms. The molecule has 0 aromatic rings. The average molecular weight is 340 g/mol. The van der Waals surface area contributed by atoms with E-state index in [9.17, 15) is 15.1 Å². The van der Waals surface area contributed by atoms with Gasteiger partial charge >= 0.3 is 25.8 Å². The van der Waals surface area contributed by atoms with Crippen LogP contribution in [-0.4, -0.2) is 63.5 Å². The fourth-order valence-corrected chi connectivity index (χ4v) is 3.22. The Morgan fingerprint density at radius 2 is 1.74 bits per heavy atom. The van der Waals surface area contributed by atoms with Crippen molar-refractivity contribution in [2.75, 3.05) is 20.3 Å². The first-order valence-electron chi connectivity index (χ1n) is 4.92. The molecule has 0 saturated carbocycles. The summed E-state index contributed by atoms with van der Waals surface area (Å²) < 4.78 is 23.1. The van der Waals surface area contributed by atoms with Crippen LogP contribution in [0.25, 0.3) is 0 Å². The van der Waals surface area contributed by atoms with Crippen LogP contribution in [-0.2, 0) is 22.4 Å². The van der Waals surface area contributed by atoms with Crippen molar-refractivity contribution in [2.45, 2.75) is 18.3 Å². The van der Waals surface area contributed by atoms with Crippen molar-refractivity contribution in [3.63, 3.8) is 0 Å². The predicted octanol–water partition coefficient (Wildman–Crippen LogP) is -0.539. The first-order valence-corrected chi connectivity index (χ1v) is 8.31. The summed E-state index contributed by atoms with van der Waals surface area (Å²) in [6.07, 6.45) is -2.91. The standard InChI is InChI=1S/C6H15O10P3/c1-12-17(9)15-19(11)16-18(10)14-3-5-6(8)4(7)2-13-5/h4-11H,2-3H2,1H3/t4-,5+,6-,17?,18?,19?/m0/s1. The molecule has 0 aliphatic carbocycles. The fourth-order valence-electron chi connectivity index (χ4n) is 1.14. The summed E-state index contributed by atoms with van der Waals surface area (Å²) in [7, 11) is -6.15. The van der Waals surface area contributed by atoms with E-state index in [0.717, 1.165) is 7.11 Å². The Bertz CT molecular complexity index is 259. The van der Waals surface area contributed by atoms with Gasteiger partial charge in [-0.15, -0.1) is 0 Å². The molecule has 1 aliphatic rings. The van der Waals surface area contributed by atoms with E-state index in [4.69, 9.17) is 19.0 Å². The van der Waals surface area contributed by atoms with Gasteiger partial charge in [0, 0.05) is 7.11 Å². The van der Waals surface area contributed by atoms with Gasteiger partial charge in [-0.05, 0) is 0 Å². The lowest BCUT2D eigenvalue weighted by Gasteiger charge is -2.18. The second-order valence-electron chi connectivity index (χ2n) is 3.28. The van der Waals surface area contributed by atoms with Gasteiger partial charge in [0.1, 0.15) is 18.3 Å². The lowest BCUT2D eigenvalue weighted by atomic mass is 10.2. The van der Waals surface area contributed by atoms with E-state index in [-0.39, 0.29) is 13.2 Å². The maximum Gasteiger partial charge on any atom is 0.344 e. The topological polar surface area (TPSA) is 147 Å². The van der Waals surface area contributed by atoms with Crippen LogP contribution in [0.4, 0.5) is 0 Å². The second kappa shape index (κ2) is 9.02. The Hall–Kier alpha value is 0.890. The summed E-state index contributed by atoms with van der Waals surface area (Å²) in [4.78, 5) is 27.4. The second-order valence-corrected chi connectivity index (χ2v) is 6.64. The molecule has 0 radical (unpaired) electrons. The summed E-state index contributed by atoms with van der Waals surface area (Å²) in [5, 5.41) is 18.6. The molecule has 1 rings (SSSR count). The van der Waals surface area contributed by atoms with Crippen LogP contribution in [0.3, 0.4) is 0 Å². The van der Waals surface area contributed by atoms with E-state index >= 15 is 0 Å². The Labute approximate surface area is 112 Å². The van der Waals surface area contributed by atoms with Gasteiger partial charge in [-0.25, -0.2) is 8.62 Å². The fraction of sp³-hybridized carbons (Fsp3) is 1.00. The number of hydrogen-bond donors (Lipinski definition) is 5. The van der Waals surface area contributed by atoms with Crippen LogP contribution in [0.2, 0.25) is 0 Å². The van der Waals surface area contributed by atoms with Crippen molar-refractivity contribution < 1.29 is 47.3 Å². The van der Waals surface area contributed by atoms with Gasteiger partial charge in [0.2, 0.25) is 0 Å². The molecule has 114 valence electrons. The van der Waals surface area contributed by atoms with Gasteiger partial charge in [0.15, 0.2) is 0 Å². The molecule has 3 unspecified atom stereocenters. The molecular weight excluding hydrogens is 325 g/mol. The monoisotopic (exact) mass is 340 g/mol. The van der Waals surface area contributed by atoms with Crippen molar-refractivity contribution in [3.8, 4) is 0 Å². The first-order chi connectivity index (χ1) is 8.93. The summed E-state index contributed by atoms with van der Waals surface area (Å²) in [6.45, 7) is -0.264. The van der Waals surface area contributed by atoms with E-state index in [1.165, 1.54) is 0 Å².